The van der Waals surface area contributed by atoms with Gasteiger partial charge in [-0.05, 0) is 0 Å². The molecule has 0 radical (unpaired) electrons. The zero-order chi connectivity index (χ0) is 14.8. The summed E-state index contributed by atoms with van der Waals surface area (Å²) >= 11 is 1.40. The molecule has 1 aromatic heterocycles. The van der Waals surface area contributed by atoms with Crippen LogP contribution in [-0.2, 0) is 0 Å². The molecule has 0 aliphatic heterocycles. The fourth-order valence-electron chi connectivity index (χ4n) is 0.932. The van der Waals surface area contributed by atoms with E-state index in [1.54, 1.807) is 0 Å². The van der Waals surface area contributed by atoms with Crippen molar-refractivity contribution in [3.05, 3.63) is 30.3 Å². The van der Waals surface area contributed by atoms with Crippen LogP contribution in [0.4, 0.5) is 30.3 Å². The van der Waals surface area contributed by atoms with E-state index in [1.165, 1.54) is 11.3 Å². The Morgan fingerprint density at radius 3 is 1.79 bits per heavy atom. The third-order valence-electron chi connectivity index (χ3n) is 1.46. The first kappa shape index (κ1) is 15.6. The van der Waals surface area contributed by atoms with E-state index in [4.69, 9.17) is 5.73 Å². The van der Waals surface area contributed by atoms with Crippen LogP contribution in [0.2, 0.25) is 0 Å². The van der Waals surface area contributed by atoms with Crippen molar-refractivity contribution >= 4 is 24.3 Å². The van der Waals surface area contributed by atoms with Crippen LogP contribution >= 0.6 is 19.1 Å². The van der Waals surface area contributed by atoms with Gasteiger partial charge in [0, 0.05) is 5.56 Å². The maximum Gasteiger partial charge on any atom is 1.00 e. The maximum atomic E-state index is 9.87. The fraction of sp³-hybridized carbons (Fsp3) is 0. The SMILES string of the molecule is F[P-](F)(F)(F)(F)F.Nc1nnc(-c2ccccc2)s1.[H+]. The molecule has 0 aliphatic carbocycles. The molecule has 108 valence electrons. The smallest absolute Gasteiger partial charge is 0.374 e. The molecule has 1 heterocycles. The molecule has 19 heavy (non-hydrogen) atoms. The van der Waals surface area contributed by atoms with Gasteiger partial charge in [0.05, 0.1) is 0 Å². The Bertz CT molecular complexity index is 546. The molecule has 3 nitrogen and oxygen atoms in total. The Labute approximate surface area is 108 Å². The summed E-state index contributed by atoms with van der Waals surface area (Å²) in [6.45, 7) is 0. The van der Waals surface area contributed by atoms with Gasteiger partial charge in [-0.15, -0.1) is 10.2 Å². The van der Waals surface area contributed by atoms with Crippen LogP contribution in [0.25, 0.3) is 10.6 Å². The first-order valence-electron chi connectivity index (χ1n) is 4.52. The number of nitrogens with zero attached hydrogens (tertiary/aromatic N) is 2. The van der Waals surface area contributed by atoms with E-state index in [2.05, 4.69) is 10.2 Å². The minimum Gasteiger partial charge on any atom is -0.374 e. The van der Waals surface area contributed by atoms with Crippen LogP contribution in [0.15, 0.2) is 30.3 Å². The van der Waals surface area contributed by atoms with Gasteiger partial charge in [0.1, 0.15) is 5.01 Å². The zero-order valence-electron chi connectivity index (χ0n) is 9.98. The van der Waals surface area contributed by atoms with Crippen LogP contribution in [0, 0.1) is 0 Å². The Balaban J connectivity index is 0.000000396. The van der Waals surface area contributed by atoms with Crippen molar-refractivity contribution in [1.29, 1.82) is 0 Å². The third-order valence-corrected chi connectivity index (χ3v) is 2.26. The summed E-state index contributed by atoms with van der Waals surface area (Å²) in [5.74, 6) is 0. The van der Waals surface area contributed by atoms with Crippen LogP contribution in [0.3, 0.4) is 0 Å². The predicted molar refractivity (Wildman–Crippen MR) is 64.4 cm³/mol. The molecule has 2 aromatic rings. The molecule has 2 rings (SSSR count). The third kappa shape index (κ3) is 9.20. The molecule has 2 N–H and O–H groups in total. The molecule has 0 bridgehead atoms. The Morgan fingerprint density at radius 2 is 1.42 bits per heavy atom. The van der Waals surface area contributed by atoms with Crippen molar-refractivity contribution in [3.63, 3.8) is 0 Å². The van der Waals surface area contributed by atoms with Gasteiger partial charge >= 0.3 is 34.4 Å². The molecule has 0 amide bonds. The van der Waals surface area contributed by atoms with Crippen molar-refractivity contribution in [2.24, 2.45) is 0 Å². The molecule has 0 unspecified atom stereocenters. The van der Waals surface area contributed by atoms with Crippen molar-refractivity contribution in [2.45, 2.75) is 0 Å². The molecule has 0 saturated heterocycles. The number of halogens is 6. The molecule has 0 spiro atoms. The van der Waals surface area contributed by atoms with E-state index >= 15 is 0 Å². The summed E-state index contributed by atoms with van der Waals surface area (Å²) in [6, 6.07) is 9.87. The van der Waals surface area contributed by atoms with Crippen molar-refractivity contribution in [1.82, 2.24) is 10.2 Å². The molecule has 1 aromatic carbocycles. The largest absolute Gasteiger partial charge is 1.00 e. The van der Waals surface area contributed by atoms with E-state index in [-0.39, 0.29) is 1.43 Å². The number of hydrogen-bond acceptors (Lipinski definition) is 4. The maximum absolute atomic E-state index is 10.7. The van der Waals surface area contributed by atoms with Crippen LogP contribution < -0.4 is 5.73 Å². The molecule has 0 saturated carbocycles. The van der Waals surface area contributed by atoms with Gasteiger partial charge in [0.2, 0.25) is 5.13 Å². The summed E-state index contributed by atoms with van der Waals surface area (Å²) in [5, 5.41) is 9.05. The quantitative estimate of drug-likeness (QED) is 0.573. The Morgan fingerprint density at radius 1 is 0.947 bits per heavy atom. The topological polar surface area (TPSA) is 51.8 Å². The van der Waals surface area contributed by atoms with Gasteiger partial charge in [-0.25, -0.2) is 0 Å². The van der Waals surface area contributed by atoms with Gasteiger partial charge in [-0.1, -0.05) is 41.7 Å². The van der Waals surface area contributed by atoms with Crippen molar-refractivity contribution in [2.75, 3.05) is 5.73 Å². The first-order chi connectivity index (χ1) is 8.31. The second-order valence-electron chi connectivity index (χ2n) is 3.27. The molecular formula is C8H8F6N3PS. The second kappa shape index (κ2) is 4.31. The van der Waals surface area contributed by atoms with E-state index in [1.807, 2.05) is 30.3 Å². The molecule has 11 heteroatoms. The summed E-state index contributed by atoms with van der Waals surface area (Å²) in [5.41, 5.74) is 6.52. The number of aromatic nitrogens is 2. The van der Waals surface area contributed by atoms with Gasteiger partial charge < -0.3 is 5.73 Å². The Hall–Kier alpha value is -1.41. The van der Waals surface area contributed by atoms with E-state index in [0.717, 1.165) is 10.6 Å². The minimum absolute atomic E-state index is 0. The number of rotatable bonds is 1. The van der Waals surface area contributed by atoms with Crippen LogP contribution in [0.1, 0.15) is 1.43 Å². The molecule has 0 fully saturated rings. The zero-order valence-corrected chi connectivity index (χ0v) is 10.7. The number of benzene rings is 1. The van der Waals surface area contributed by atoms with Crippen LogP contribution in [-0.4, -0.2) is 10.2 Å². The second-order valence-corrected chi connectivity index (χ2v) is 6.20. The predicted octanol–water partition coefficient (Wildman–Crippen LogP) is 5.28. The van der Waals surface area contributed by atoms with Crippen molar-refractivity contribution < 1.29 is 26.6 Å². The normalized spacial score (nSPS) is 14.8. The monoisotopic (exact) mass is 323 g/mol. The molecule has 0 atom stereocenters. The van der Waals surface area contributed by atoms with Gasteiger partial charge in [-0.2, -0.15) is 0 Å². The average molecular weight is 323 g/mol. The van der Waals surface area contributed by atoms with Gasteiger partial charge in [0.15, 0.2) is 0 Å². The van der Waals surface area contributed by atoms with Gasteiger partial charge in [0.25, 0.3) is 0 Å². The average Bonchev–Trinajstić information content (AvgIpc) is 2.61. The molecule has 0 aliphatic rings. The molecular weight excluding hydrogens is 315 g/mol. The number of nitrogens with two attached hydrogens (primary N) is 1. The summed E-state index contributed by atoms with van der Waals surface area (Å²) < 4.78 is 59.2. The number of anilines is 1. The standard InChI is InChI=1S/C8H7N3S.F6P/c9-8-11-10-7(12-8)6-4-2-1-3-5-6;1-7(2,3,4,5)6/h1-5H,(H2,9,11);/q;-1/p+1. The first-order valence-corrected chi connectivity index (χ1v) is 7.36. The summed E-state index contributed by atoms with van der Waals surface area (Å²) in [7, 11) is -10.7. The van der Waals surface area contributed by atoms with E-state index in [9.17, 15) is 25.2 Å². The van der Waals surface area contributed by atoms with E-state index < -0.39 is 7.81 Å². The minimum atomic E-state index is -10.7. The van der Waals surface area contributed by atoms with E-state index in [0.29, 0.717) is 5.13 Å². The fourth-order valence-corrected chi connectivity index (χ4v) is 1.55. The number of nitrogen functional groups attached to an aromatic ring is 1. The summed E-state index contributed by atoms with van der Waals surface area (Å²) in [4.78, 5) is 0. The van der Waals surface area contributed by atoms with Gasteiger partial charge in [-0.3, -0.25) is 0 Å². The number of hydrogen-bond donors (Lipinski definition) is 1. The van der Waals surface area contributed by atoms with Crippen molar-refractivity contribution in [3.8, 4) is 10.6 Å². The van der Waals surface area contributed by atoms with Crippen LogP contribution in [0.5, 0.6) is 0 Å². The summed E-state index contributed by atoms with van der Waals surface area (Å²) in [6.07, 6.45) is 0. The Kier molecular flexibility index (Phi) is 3.55.